The Kier molecular flexibility index (Phi) is 6.01. The Morgan fingerprint density at radius 3 is 2.83 bits per heavy atom. The van der Waals surface area contributed by atoms with E-state index in [0.717, 1.165) is 24.0 Å². The number of nitrogens with two attached hydrogens (primary N) is 1. The number of nitrogens with one attached hydrogen (secondary N) is 1. The third-order valence-electron chi connectivity index (χ3n) is 3.36. The van der Waals surface area contributed by atoms with Crippen molar-refractivity contribution in [3.8, 4) is 5.75 Å². The summed E-state index contributed by atoms with van der Waals surface area (Å²) in [5.74, 6) is -0.689. The molecule has 24 heavy (non-hydrogen) atoms. The van der Waals surface area contributed by atoms with Gasteiger partial charge in [-0.25, -0.2) is 4.57 Å². The smallest absolute Gasteiger partial charge is 0.394 e. The van der Waals surface area contributed by atoms with E-state index >= 15 is 0 Å². The Labute approximate surface area is 140 Å². The zero-order valence-electron chi connectivity index (χ0n) is 13.7. The Morgan fingerprint density at radius 2 is 2.17 bits per heavy atom. The third-order valence-corrected chi connectivity index (χ3v) is 4.22. The fourth-order valence-electron chi connectivity index (χ4n) is 2.27. The summed E-state index contributed by atoms with van der Waals surface area (Å²) in [6.45, 7) is 0.838. The van der Waals surface area contributed by atoms with Gasteiger partial charge in [-0.3, -0.25) is 9.69 Å². The van der Waals surface area contributed by atoms with Crippen LogP contribution < -0.4 is 10.3 Å². The van der Waals surface area contributed by atoms with Crippen molar-refractivity contribution in [1.82, 2.24) is 9.88 Å². The molecule has 0 fully saturated rings. The minimum absolute atomic E-state index is 0.0287. The fraction of sp³-hybridized carbons (Fsp3) is 0.400. The predicted molar refractivity (Wildman–Crippen MR) is 90.8 cm³/mol. The van der Waals surface area contributed by atoms with E-state index in [0.29, 0.717) is 5.39 Å². The molecule has 1 atom stereocenters. The van der Waals surface area contributed by atoms with E-state index in [1.165, 1.54) is 0 Å². The van der Waals surface area contributed by atoms with E-state index in [4.69, 9.17) is 10.3 Å². The molecule has 2 rings (SSSR count). The van der Waals surface area contributed by atoms with E-state index in [-0.39, 0.29) is 18.7 Å². The first-order valence-electron chi connectivity index (χ1n) is 7.51. The number of phosphoric ester groups is 1. The average molecular weight is 355 g/mol. The van der Waals surface area contributed by atoms with Crippen LogP contribution in [-0.4, -0.2) is 47.9 Å². The summed E-state index contributed by atoms with van der Waals surface area (Å²) >= 11 is 0. The van der Waals surface area contributed by atoms with Crippen LogP contribution in [0.2, 0.25) is 0 Å². The second-order valence-electron chi connectivity index (χ2n) is 5.61. The highest BCUT2D eigenvalue weighted by molar-refractivity contribution is 7.48. The van der Waals surface area contributed by atoms with Crippen molar-refractivity contribution in [2.45, 2.75) is 12.8 Å². The molecular formula is C15H22N3O5P. The van der Waals surface area contributed by atoms with Gasteiger partial charge in [0.05, 0.1) is 6.42 Å². The first-order chi connectivity index (χ1) is 11.3. The predicted octanol–water partition coefficient (Wildman–Crippen LogP) is 1.64. The van der Waals surface area contributed by atoms with Crippen LogP contribution in [0.5, 0.6) is 5.75 Å². The number of aromatic amines is 1. The van der Waals surface area contributed by atoms with Crippen molar-refractivity contribution >= 4 is 24.7 Å². The van der Waals surface area contributed by atoms with Crippen LogP contribution >= 0.6 is 7.82 Å². The van der Waals surface area contributed by atoms with Gasteiger partial charge in [0, 0.05) is 30.2 Å². The number of carbonyl (C=O) groups is 1. The van der Waals surface area contributed by atoms with Crippen LogP contribution in [0.15, 0.2) is 24.4 Å². The summed E-state index contributed by atoms with van der Waals surface area (Å²) in [5, 5.41) is 0.698. The summed E-state index contributed by atoms with van der Waals surface area (Å²) in [5.41, 5.74) is 6.94. The van der Waals surface area contributed by atoms with Gasteiger partial charge >= 0.3 is 13.8 Å². The minimum Gasteiger partial charge on any atom is -0.394 e. The summed E-state index contributed by atoms with van der Waals surface area (Å²) in [4.78, 5) is 26.3. The molecule has 4 N–H and O–H groups in total. The zero-order valence-corrected chi connectivity index (χ0v) is 14.6. The molecule has 9 heteroatoms. The molecule has 0 aliphatic carbocycles. The Bertz CT molecular complexity index is 759. The number of phosphoric acid groups is 1. The van der Waals surface area contributed by atoms with Crippen LogP contribution in [-0.2, 0) is 20.3 Å². The van der Waals surface area contributed by atoms with Crippen molar-refractivity contribution in [3.63, 3.8) is 0 Å². The van der Waals surface area contributed by atoms with Gasteiger partial charge in [-0.05, 0) is 38.2 Å². The van der Waals surface area contributed by atoms with Gasteiger partial charge in [0.2, 0.25) is 0 Å². The highest BCUT2D eigenvalue weighted by atomic mass is 31.2. The van der Waals surface area contributed by atoms with Gasteiger partial charge in [0.15, 0.2) is 0 Å². The highest BCUT2D eigenvalue weighted by Gasteiger charge is 2.29. The molecule has 0 saturated carbocycles. The normalized spacial score (nSPS) is 13.9. The van der Waals surface area contributed by atoms with Crippen LogP contribution in [0.4, 0.5) is 0 Å². The molecule has 0 saturated heterocycles. The van der Waals surface area contributed by atoms with Gasteiger partial charge in [-0.1, -0.05) is 6.07 Å². The summed E-state index contributed by atoms with van der Waals surface area (Å²) in [6.07, 6.45) is 2.41. The number of likely N-dealkylation sites (N-methyl/N-ethyl adjacent to an activating group) is 1. The molecule has 2 aromatic rings. The van der Waals surface area contributed by atoms with Gasteiger partial charge in [0.25, 0.3) is 0 Å². The monoisotopic (exact) mass is 355 g/mol. The van der Waals surface area contributed by atoms with Crippen LogP contribution in [0, 0.1) is 0 Å². The molecule has 0 radical (unpaired) electrons. The molecule has 1 heterocycles. The lowest BCUT2D eigenvalue weighted by molar-refractivity contribution is -0.135. The van der Waals surface area contributed by atoms with Gasteiger partial charge in [-0.15, -0.1) is 0 Å². The molecule has 1 aromatic carbocycles. The maximum absolute atomic E-state index is 12.0. The van der Waals surface area contributed by atoms with Gasteiger partial charge in [-0.2, -0.15) is 0 Å². The largest absolute Gasteiger partial charge is 0.587 e. The maximum atomic E-state index is 12.0. The number of aromatic nitrogens is 1. The molecule has 1 aromatic heterocycles. The SMILES string of the molecule is CN(C)CCc1c[nH]c2cccc(OP(=O)(O)OC(=O)CCN)c12. The first-order valence-corrected chi connectivity index (χ1v) is 9.00. The zero-order chi connectivity index (χ0) is 17.7. The molecule has 0 spiro atoms. The molecule has 132 valence electrons. The maximum Gasteiger partial charge on any atom is 0.587 e. The van der Waals surface area contributed by atoms with Crippen molar-refractivity contribution in [2.24, 2.45) is 5.73 Å². The molecule has 1 unspecified atom stereocenters. The van der Waals surface area contributed by atoms with Gasteiger partial charge in [0.1, 0.15) is 5.75 Å². The van der Waals surface area contributed by atoms with E-state index in [1.54, 1.807) is 12.1 Å². The topological polar surface area (TPSA) is 118 Å². The van der Waals surface area contributed by atoms with E-state index < -0.39 is 13.8 Å². The second-order valence-corrected chi connectivity index (χ2v) is 6.91. The van der Waals surface area contributed by atoms with Crippen molar-refractivity contribution in [3.05, 3.63) is 30.0 Å². The average Bonchev–Trinajstić information content (AvgIpc) is 2.88. The number of H-pyrrole nitrogens is 1. The molecule has 0 aliphatic rings. The van der Waals surface area contributed by atoms with E-state index in [1.807, 2.05) is 31.3 Å². The van der Waals surface area contributed by atoms with Crippen LogP contribution in [0.25, 0.3) is 10.9 Å². The molecule has 0 amide bonds. The fourth-order valence-corrected chi connectivity index (χ4v) is 3.06. The number of carbonyl (C=O) groups excluding carboxylic acids is 1. The van der Waals surface area contributed by atoms with E-state index in [2.05, 4.69) is 9.51 Å². The van der Waals surface area contributed by atoms with E-state index in [9.17, 15) is 14.3 Å². The number of benzene rings is 1. The summed E-state index contributed by atoms with van der Waals surface area (Å²) < 4.78 is 21.7. The number of rotatable bonds is 8. The molecule has 0 bridgehead atoms. The van der Waals surface area contributed by atoms with Crippen molar-refractivity contribution < 1.29 is 23.3 Å². The Morgan fingerprint density at radius 1 is 1.42 bits per heavy atom. The second kappa shape index (κ2) is 7.81. The minimum atomic E-state index is -4.57. The van der Waals surface area contributed by atoms with Crippen LogP contribution in [0.3, 0.4) is 0 Å². The van der Waals surface area contributed by atoms with Crippen molar-refractivity contribution in [1.29, 1.82) is 0 Å². The molecular weight excluding hydrogens is 333 g/mol. The number of hydrogen-bond donors (Lipinski definition) is 3. The summed E-state index contributed by atoms with van der Waals surface area (Å²) in [6, 6.07) is 5.09. The van der Waals surface area contributed by atoms with Crippen molar-refractivity contribution in [2.75, 3.05) is 27.2 Å². The first kappa shape index (κ1) is 18.5. The summed E-state index contributed by atoms with van der Waals surface area (Å²) in [7, 11) is -0.641. The lowest BCUT2D eigenvalue weighted by atomic mass is 10.1. The molecule has 8 nitrogen and oxygen atoms in total. The Balaban J connectivity index is 2.26. The highest BCUT2D eigenvalue weighted by Crippen LogP contribution is 2.46. The number of nitrogens with zero attached hydrogens (tertiary/aromatic N) is 1. The lowest BCUT2D eigenvalue weighted by Gasteiger charge is -2.14. The third kappa shape index (κ3) is 4.82. The number of hydrogen-bond acceptors (Lipinski definition) is 6. The number of fused-ring (bicyclic) bond motifs is 1. The lowest BCUT2D eigenvalue weighted by Crippen LogP contribution is -2.15. The Hall–Kier alpha value is -1.86. The standard InChI is InChI=1S/C15H22N3O5P/c1-18(2)9-7-11-10-17-12-4-3-5-13(15(11)12)22-24(20,21)23-14(19)6-8-16/h3-5,10,17H,6-9,16H2,1-2H3,(H,20,21). The molecule has 0 aliphatic heterocycles. The quantitative estimate of drug-likeness (QED) is 0.616. The van der Waals surface area contributed by atoms with Crippen LogP contribution in [0.1, 0.15) is 12.0 Å². The van der Waals surface area contributed by atoms with Gasteiger partial charge < -0.3 is 24.7 Å².